The third-order valence-electron chi connectivity index (χ3n) is 10.5. The zero-order valence-corrected chi connectivity index (χ0v) is 29.9. The van der Waals surface area contributed by atoms with E-state index in [0.717, 1.165) is 69.5 Å². The predicted octanol–water partition coefficient (Wildman–Crippen LogP) is 8.47. The molecular formula is C38H54ClN3O2S. The average molecular weight is 652 g/mol. The summed E-state index contributed by atoms with van der Waals surface area (Å²) in [5.41, 5.74) is 5.17. The molecular weight excluding hydrogens is 598 g/mol. The van der Waals surface area contributed by atoms with E-state index >= 15 is 0 Å². The number of amides is 1. The monoisotopic (exact) mass is 651 g/mol. The van der Waals surface area contributed by atoms with Crippen LogP contribution in [0.4, 0.5) is 0 Å². The van der Waals surface area contributed by atoms with Crippen LogP contribution < -0.4 is 0 Å². The zero-order chi connectivity index (χ0) is 32.1. The quantitative estimate of drug-likeness (QED) is 0.230. The molecule has 2 saturated heterocycles. The van der Waals surface area contributed by atoms with E-state index in [1.165, 1.54) is 35.1 Å². The SMILES string of the molecule is CCc1cc(Cl)cc(-c2ccc([C@H](C)N3CCN(C4(C)CCN(C(=O)C(C)S/C=C\C(C)OCC5CC5)CC4)C[C@H]3C)cc2)c1. The van der Waals surface area contributed by atoms with Crippen LogP contribution in [0.15, 0.2) is 53.9 Å². The van der Waals surface area contributed by atoms with E-state index in [1.807, 2.05) is 6.92 Å². The number of carbonyl (C=O) groups is 1. The number of nitrogens with zero attached hydrogens (tertiary/aromatic N) is 3. The van der Waals surface area contributed by atoms with Crippen molar-refractivity contribution in [2.45, 2.75) is 103 Å². The molecule has 45 heavy (non-hydrogen) atoms. The topological polar surface area (TPSA) is 36.0 Å². The minimum Gasteiger partial charge on any atom is -0.374 e. The van der Waals surface area contributed by atoms with Crippen LogP contribution in [0, 0.1) is 5.92 Å². The largest absolute Gasteiger partial charge is 0.374 e. The van der Waals surface area contributed by atoms with E-state index in [9.17, 15) is 4.79 Å². The number of rotatable bonds is 12. The molecule has 1 aliphatic carbocycles. The van der Waals surface area contributed by atoms with Crippen molar-refractivity contribution in [2.24, 2.45) is 5.92 Å². The molecule has 3 aliphatic rings. The van der Waals surface area contributed by atoms with Gasteiger partial charge in [0.1, 0.15) is 0 Å². The van der Waals surface area contributed by atoms with Crippen molar-refractivity contribution in [2.75, 3.05) is 39.3 Å². The molecule has 0 bridgehead atoms. The highest BCUT2D eigenvalue weighted by atomic mass is 35.5. The van der Waals surface area contributed by atoms with E-state index in [4.69, 9.17) is 16.3 Å². The lowest BCUT2D eigenvalue weighted by Crippen LogP contribution is -2.62. The van der Waals surface area contributed by atoms with Gasteiger partial charge in [-0.2, -0.15) is 0 Å². The van der Waals surface area contributed by atoms with Gasteiger partial charge in [-0.1, -0.05) is 48.9 Å². The van der Waals surface area contributed by atoms with Crippen LogP contribution in [-0.4, -0.2) is 82.9 Å². The third kappa shape index (κ3) is 8.96. The molecule has 5 rings (SSSR count). The lowest BCUT2D eigenvalue weighted by Gasteiger charge is -2.52. The summed E-state index contributed by atoms with van der Waals surface area (Å²) >= 11 is 8.01. The van der Waals surface area contributed by atoms with E-state index in [1.54, 1.807) is 11.8 Å². The molecule has 2 aliphatic heterocycles. The summed E-state index contributed by atoms with van der Waals surface area (Å²) < 4.78 is 5.88. The fourth-order valence-electron chi connectivity index (χ4n) is 6.95. The number of likely N-dealkylation sites (tertiary alicyclic amines) is 1. The Hall–Kier alpha value is -1.83. The smallest absolute Gasteiger partial charge is 0.235 e. The normalized spacial score (nSPS) is 23.3. The van der Waals surface area contributed by atoms with Gasteiger partial charge in [-0.3, -0.25) is 14.6 Å². The van der Waals surface area contributed by atoms with Gasteiger partial charge >= 0.3 is 0 Å². The number of ether oxygens (including phenoxy) is 1. The van der Waals surface area contributed by atoms with Gasteiger partial charge in [-0.05, 0) is 119 Å². The lowest BCUT2D eigenvalue weighted by atomic mass is 9.86. The molecule has 4 atom stereocenters. The first-order valence-electron chi connectivity index (χ1n) is 17.2. The number of aryl methyl sites for hydroxylation is 1. The number of thioether (sulfide) groups is 1. The van der Waals surface area contributed by atoms with E-state index in [0.29, 0.717) is 12.1 Å². The molecule has 0 radical (unpaired) electrons. The van der Waals surface area contributed by atoms with Crippen molar-refractivity contribution < 1.29 is 9.53 Å². The number of carbonyl (C=O) groups excluding carboxylic acids is 1. The van der Waals surface area contributed by atoms with Gasteiger partial charge in [0.15, 0.2) is 0 Å². The average Bonchev–Trinajstić information content (AvgIpc) is 3.88. The molecule has 0 spiro atoms. The van der Waals surface area contributed by atoms with Crippen LogP contribution in [0.25, 0.3) is 11.1 Å². The van der Waals surface area contributed by atoms with Crippen LogP contribution in [-0.2, 0) is 16.0 Å². The molecule has 2 aromatic rings. The number of piperidine rings is 1. The minimum absolute atomic E-state index is 0.0698. The van der Waals surface area contributed by atoms with Crippen LogP contribution in [0.1, 0.15) is 84.4 Å². The standard InChI is InChI=1S/C38H54ClN3O2S/c1-7-31-22-35(24-36(39)23-31)34-12-10-33(11-13-34)29(4)42-20-19-41(25-27(42)2)38(6)15-17-40(18-16-38)37(43)30(5)45-21-14-28(3)44-26-32-8-9-32/h10-14,21-24,27-30,32H,7-9,15-20,25-26H2,1-6H3/b21-14-/t27-,28?,29+,30?/m1/s1. The second-order valence-corrected chi connectivity index (χ2v) is 15.6. The summed E-state index contributed by atoms with van der Waals surface area (Å²) in [6, 6.07) is 16.3. The fraction of sp³-hybridized carbons (Fsp3) is 0.605. The molecule has 2 unspecified atom stereocenters. The molecule has 7 heteroatoms. The predicted molar refractivity (Wildman–Crippen MR) is 191 cm³/mol. The summed E-state index contributed by atoms with van der Waals surface area (Å²) in [4.78, 5) is 20.7. The number of piperazine rings is 1. The van der Waals surface area contributed by atoms with Crippen molar-refractivity contribution in [1.82, 2.24) is 14.7 Å². The first-order chi connectivity index (χ1) is 21.6. The Bertz CT molecular complexity index is 1300. The molecule has 3 fully saturated rings. The van der Waals surface area contributed by atoms with Crippen molar-refractivity contribution in [3.05, 3.63) is 70.1 Å². The second kappa shape index (κ2) is 15.4. The Morgan fingerprint density at radius 1 is 1.04 bits per heavy atom. The first-order valence-corrected chi connectivity index (χ1v) is 18.5. The number of benzene rings is 2. The Kier molecular flexibility index (Phi) is 11.8. The van der Waals surface area contributed by atoms with Crippen LogP contribution >= 0.6 is 23.4 Å². The van der Waals surface area contributed by atoms with Crippen LogP contribution in [0.3, 0.4) is 0 Å². The summed E-state index contributed by atoms with van der Waals surface area (Å²) in [6.45, 7) is 19.2. The summed E-state index contributed by atoms with van der Waals surface area (Å²) in [5, 5.41) is 2.79. The van der Waals surface area contributed by atoms with Crippen molar-refractivity contribution >= 4 is 29.3 Å². The number of hydrogen-bond donors (Lipinski definition) is 0. The van der Waals surface area contributed by atoms with Gasteiger partial charge in [0, 0.05) is 55.4 Å². The zero-order valence-electron chi connectivity index (χ0n) is 28.3. The molecule has 0 N–H and O–H groups in total. The molecule has 2 heterocycles. The molecule has 2 aromatic carbocycles. The van der Waals surface area contributed by atoms with Gasteiger partial charge in [0.25, 0.3) is 0 Å². The first kappa shape index (κ1) is 34.5. The van der Waals surface area contributed by atoms with E-state index in [-0.39, 0.29) is 22.8 Å². The van der Waals surface area contributed by atoms with Gasteiger partial charge in [-0.15, -0.1) is 11.8 Å². The van der Waals surface area contributed by atoms with Crippen molar-refractivity contribution in [3.8, 4) is 11.1 Å². The van der Waals surface area contributed by atoms with Gasteiger partial charge in [0.2, 0.25) is 5.91 Å². The Labute approximate surface area is 281 Å². The molecule has 246 valence electrons. The fourth-order valence-corrected chi connectivity index (χ4v) is 8.02. The minimum atomic E-state index is -0.0698. The highest BCUT2D eigenvalue weighted by Gasteiger charge is 2.41. The van der Waals surface area contributed by atoms with E-state index in [2.05, 4.69) is 103 Å². The highest BCUT2D eigenvalue weighted by molar-refractivity contribution is 8.03. The number of hydrogen-bond acceptors (Lipinski definition) is 5. The Morgan fingerprint density at radius 3 is 2.40 bits per heavy atom. The maximum absolute atomic E-state index is 13.2. The molecule has 0 aromatic heterocycles. The molecule has 1 saturated carbocycles. The number of halogens is 1. The highest BCUT2D eigenvalue weighted by Crippen LogP contribution is 2.35. The van der Waals surface area contributed by atoms with Crippen molar-refractivity contribution in [3.63, 3.8) is 0 Å². The molecule has 5 nitrogen and oxygen atoms in total. The summed E-state index contributed by atoms with van der Waals surface area (Å²) in [6.07, 6.45) is 7.85. The maximum Gasteiger partial charge on any atom is 0.235 e. The van der Waals surface area contributed by atoms with Gasteiger partial charge < -0.3 is 9.64 Å². The molecule has 1 amide bonds. The summed E-state index contributed by atoms with van der Waals surface area (Å²) in [7, 11) is 0. The maximum atomic E-state index is 13.2. The Morgan fingerprint density at radius 2 is 1.76 bits per heavy atom. The van der Waals surface area contributed by atoms with E-state index < -0.39 is 0 Å². The third-order valence-corrected chi connectivity index (χ3v) is 11.6. The van der Waals surface area contributed by atoms with Crippen molar-refractivity contribution in [1.29, 1.82) is 0 Å². The van der Waals surface area contributed by atoms with Crippen LogP contribution in [0.5, 0.6) is 0 Å². The lowest BCUT2D eigenvalue weighted by molar-refractivity contribution is -0.133. The Balaban J connectivity index is 1.09. The van der Waals surface area contributed by atoms with Gasteiger partial charge in [0.05, 0.1) is 18.0 Å². The van der Waals surface area contributed by atoms with Crippen LogP contribution in [0.2, 0.25) is 5.02 Å². The van der Waals surface area contributed by atoms with Gasteiger partial charge in [-0.25, -0.2) is 0 Å². The second-order valence-electron chi connectivity index (χ2n) is 13.9. The summed E-state index contributed by atoms with van der Waals surface area (Å²) in [5.74, 6) is 1.03.